The maximum Gasteiger partial charge on any atom is 0.251 e. The summed E-state index contributed by atoms with van der Waals surface area (Å²) < 4.78 is 6.69. The average Bonchev–Trinajstić information content (AvgIpc) is 2.68. The smallest absolute Gasteiger partial charge is 0.251 e. The fourth-order valence-corrected chi connectivity index (χ4v) is 5.70. The van der Waals surface area contributed by atoms with Crippen molar-refractivity contribution >= 4 is 14.4 Å². The molecule has 0 aliphatic heterocycles. The van der Waals surface area contributed by atoms with E-state index in [-0.39, 0.29) is 0 Å². The third-order valence-electron chi connectivity index (χ3n) is 5.23. The molecule has 0 N–H and O–H groups in total. The van der Waals surface area contributed by atoms with Gasteiger partial charge in [0.1, 0.15) is 0 Å². The van der Waals surface area contributed by atoms with Gasteiger partial charge in [0.2, 0.25) is 0 Å². The van der Waals surface area contributed by atoms with Crippen LogP contribution in [0.1, 0.15) is 72.3 Å². The molecule has 0 aromatic heterocycles. The zero-order chi connectivity index (χ0) is 19.3. The number of unbranched alkanes of at least 4 members (excludes halogenated alkanes) is 4. The second-order valence-electron chi connectivity index (χ2n) is 7.11. The summed E-state index contributed by atoms with van der Waals surface area (Å²) in [4.78, 5) is 0. The predicted octanol–water partition coefficient (Wildman–Crippen LogP) is 8.12. The van der Waals surface area contributed by atoms with Crippen LogP contribution in [0.2, 0.25) is 18.1 Å². The van der Waals surface area contributed by atoms with Crippen LogP contribution in [-0.2, 0) is 4.43 Å². The number of hydrogen-bond acceptors (Lipinski definition) is 1. The highest BCUT2D eigenvalue weighted by Gasteiger charge is 2.31. The number of benzene rings is 1. The van der Waals surface area contributed by atoms with Crippen LogP contribution in [0.25, 0.3) is 6.08 Å². The van der Waals surface area contributed by atoms with E-state index < -0.39 is 8.32 Å². The molecule has 0 aliphatic carbocycles. The molecule has 0 saturated heterocycles. The molecular formula is C24H38OSi. The maximum atomic E-state index is 6.69. The first-order chi connectivity index (χ1) is 12.6. The van der Waals surface area contributed by atoms with Crippen molar-refractivity contribution in [2.24, 2.45) is 0 Å². The van der Waals surface area contributed by atoms with Crippen LogP contribution in [0.4, 0.5) is 0 Å². The van der Waals surface area contributed by atoms with Gasteiger partial charge in [-0.2, -0.15) is 0 Å². The molecule has 0 amide bonds. The number of hydrogen-bond donors (Lipinski definition) is 0. The summed E-state index contributed by atoms with van der Waals surface area (Å²) in [5.74, 6) is 0.960. The lowest BCUT2D eigenvalue weighted by atomic mass is 10.1. The summed E-state index contributed by atoms with van der Waals surface area (Å²) >= 11 is 0. The Bertz CT molecular complexity index is 582. The van der Waals surface area contributed by atoms with Gasteiger partial charge in [0.25, 0.3) is 8.32 Å². The van der Waals surface area contributed by atoms with Crippen molar-refractivity contribution in [2.75, 3.05) is 0 Å². The molecule has 0 unspecified atom stereocenters. The number of allylic oxidation sites excluding steroid dienone is 1. The van der Waals surface area contributed by atoms with E-state index in [1.54, 1.807) is 0 Å². The van der Waals surface area contributed by atoms with Crippen molar-refractivity contribution < 1.29 is 4.43 Å². The molecule has 0 saturated carbocycles. The molecule has 1 rings (SSSR count). The Hall–Kier alpha value is -1.50. The molecule has 1 aromatic carbocycles. The highest BCUT2D eigenvalue weighted by Crippen LogP contribution is 2.28. The monoisotopic (exact) mass is 370 g/mol. The van der Waals surface area contributed by atoms with Crippen LogP contribution in [0.15, 0.2) is 53.5 Å². The lowest BCUT2D eigenvalue weighted by Crippen LogP contribution is -2.35. The standard InChI is InChI=1S/C24H38OSi/c1-6-10-11-12-13-17-20-24(25-26(7-2,8-3)9-4)22(5)21-23-18-15-14-16-19-23/h14-19,21H,6-13H2,1-5H3/b22-21+. The highest BCUT2D eigenvalue weighted by atomic mass is 28.4. The minimum atomic E-state index is -1.70. The normalized spacial score (nSPS) is 11.8. The van der Waals surface area contributed by atoms with E-state index >= 15 is 0 Å². The van der Waals surface area contributed by atoms with E-state index in [4.69, 9.17) is 4.43 Å². The van der Waals surface area contributed by atoms with Crippen LogP contribution in [0.5, 0.6) is 0 Å². The first kappa shape index (κ1) is 22.5. The van der Waals surface area contributed by atoms with Crippen LogP contribution in [0.3, 0.4) is 0 Å². The third-order valence-corrected chi connectivity index (χ3v) is 9.73. The molecule has 1 aromatic rings. The third kappa shape index (κ3) is 7.80. The lowest BCUT2D eigenvalue weighted by molar-refractivity contribution is 0.416. The van der Waals surface area contributed by atoms with Crippen molar-refractivity contribution in [2.45, 2.75) is 84.9 Å². The minimum Gasteiger partial charge on any atom is -0.538 e. The van der Waals surface area contributed by atoms with Crippen molar-refractivity contribution in [1.82, 2.24) is 0 Å². The summed E-state index contributed by atoms with van der Waals surface area (Å²) in [7, 11) is -1.70. The Balaban J connectivity index is 3.04. The second kappa shape index (κ2) is 12.8. The molecule has 0 fully saturated rings. The molecule has 1 nitrogen and oxygen atoms in total. The fourth-order valence-electron chi connectivity index (χ4n) is 3.11. The largest absolute Gasteiger partial charge is 0.538 e. The summed E-state index contributed by atoms with van der Waals surface area (Å²) in [6.07, 6.45) is 10.6. The molecule has 0 radical (unpaired) electrons. The van der Waals surface area contributed by atoms with Crippen LogP contribution in [0, 0.1) is 0 Å². The Labute approximate surface area is 163 Å². The molecule has 2 heteroatoms. The second-order valence-corrected chi connectivity index (χ2v) is 11.8. The van der Waals surface area contributed by atoms with E-state index in [1.807, 2.05) is 0 Å². The van der Waals surface area contributed by atoms with Crippen molar-refractivity contribution in [3.8, 4) is 0 Å². The van der Waals surface area contributed by atoms with Gasteiger partial charge in [-0.25, -0.2) is 0 Å². The van der Waals surface area contributed by atoms with Gasteiger partial charge >= 0.3 is 0 Å². The van der Waals surface area contributed by atoms with Gasteiger partial charge in [-0.05, 0) is 61.2 Å². The van der Waals surface area contributed by atoms with E-state index in [0.29, 0.717) is 0 Å². The molecule has 26 heavy (non-hydrogen) atoms. The van der Waals surface area contributed by atoms with Crippen LogP contribution in [-0.4, -0.2) is 8.32 Å². The minimum absolute atomic E-state index is 0.960. The molecule has 0 heterocycles. The molecular weight excluding hydrogens is 332 g/mol. The van der Waals surface area contributed by atoms with E-state index in [0.717, 1.165) is 30.3 Å². The van der Waals surface area contributed by atoms with Gasteiger partial charge in [-0.3, -0.25) is 0 Å². The van der Waals surface area contributed by atoms with Crippen molar-refractivity contribution in [3.05, 3.63) is 59.0 Å². The average molecular weight is 371 g/mol. The summed E-state index contributed by atoms with van der Waals surface area (Å²) in [5.41, 5.74) is 5.90. The van der Waals surface area contributed by atoms with Crippen molar-refractivity contribution in [1.29, 1.82) is 0 Å². The van der Waals surface area contributed by atoms with E-state index in [9.17, 15) is 0 Å². The maximum absolute atomic E-state index is 6.69. The summed E-state index contributed by atoms with van der Waals surface area (Å²) in [5, 5.41) is 0. The Morgan fingerprint density at radius 2 is 1.62 bits per heavy atom. The Morgan fingerprint density at radius 3 is 2.19 bits per heavy atom. The molecule has 0 spiro atoms. The van der Waals surface area contributed by atoms with Gasteiger partial charge in [0.05, 0.1) is 0 Å². The van der Waals surface area contributed by atoms with Gasteiger partial charge in [-0.1, -0.05) is 83.0 Å². The van der Waals surface area contributed by atoms with E-state index in [2.05, 4.69) is 82.8 Å². The zero-order valence-corrected chi connectivity index (χ0v) is 18.6. The quantitative estimate of drug-likeness (QED) is 0.119. The highest BCUT2D eigenvalue weighted by molar-refractivity contribution is 6.73. The summed E-state index contributed by atoms with van der Waals surface area (Å²) in [6.45, 7) is 11.2. The molecule has 0 bridgehead atoms. The Kier molecular flexibility index (Phi) is 11.1. The molecule has 0 atom stereocenters. The topological polar surface area (TPSA) is 9.23 Å². The zero-order valence-electron chi connectivity index (χ0n) is 17.6. The molecule has 0 aliphatic rings. The SMILES string of the molecule is CCCCCCC=C=C(O[Si](CC)(CC)CC)/C(C)=C/c1ccccc1. The van der Waals surface area contributed by atoms with Crippen molar-refractivity contribution in [3.63, 3.8) is 0 Å². The number of rotatable bonds is 12. The van der Waals surface area contributed by atoms with Gasteiger partial charge in [0.15, 0.2) is 5.76 Å². The molecule has 144 valence electrons. The van der Waals surface area contributed by atoms with Gasteiger partial charge < -0.3 is 4.43 Å². The van der Waals surface area contributed by atoms with E-state index in [1.165, 1.54) is 36.8 Å². The van der Waals surface area contributed by atoms with Crippen LogP contribution >= 0.6 is 0 Å². The summed E-state index contributed by atoms with van der Waals surface area (Å²) in [6, 6.07) is 14.0. The van der Waals surface area contributed by atoms with Gasteiger partial charge in [0, 0.05) is 0 Å². The van der Waals surface area contributed by atoms with Gasteiger partial charge in [-0.15, -0.1) is 0 Å². The predicted molar refractivity (Wildman–Crippen MR) is 119 cm³/mol. The van der Waals surface area contributed by atoms with Crippen LogP contribution < -0.4 is 0 Å². The fraction of sp³-hybridized carbons (Fsp3) is 0.542. The first-order valence-electron chi connectivity index (χ1n) is 10.5. The first-order valence-corrected chi connectivity index (χ1v) is 13.0. The Morgan fingerprint density at radius 1 is 0.962 bits per heavy atom. The lowest BCUT2D eigenvalue weighted by Gasteiger charge is -2.30.